The molecule has 0 spiro atoms. The van der Waals surface area contributed by atoms with Gasteiger partial charge in [-0.2, -0.15) is 0 Å². The van der Waals surface area contributed by atoms with E-state index in [4.69, 9.17) is 0 Å². The summed E-state index contributed by atoms with van der Waals surface area (Å²) >= 11 is 1.89. The molecule has 1 nitrogen and oxygen atoms in total. The second kappa shape index (κ2) is 6.12. The maximum absolute atomic E-state index is 10.2. The van der Waals surface area contributed by atoms with E-state index >= 15 is 0 Å². The number of aromatic hydroxyl groups is 1. The van der Waals surface area contributed by atoms with Crippen LogP contribution in [0.5, 0.6) is 5.75 Å². The van der Waals surface area contributed by atoms with Crippen LogP contribution in [0.3, 0.4) is 0 Å². The molecule has 0 bridgehead atoms. The van der Waals surface area contributed by atoms with Gasteiger partial charge in [0.1, 0.15) is 5.75 Å². The first-order valence-electron chi connectivity index (χ1n) is 9.65. The fourth-order valence-electron chi connectivity index (χ4n) is 6.12. The molecule has 2 heteroatoms. The van der Waals surface area contributed by atoms with Crippen LogP contribution in [0.1, 0.15) is 68.6 Å². The summed E-state index contributed by atoms with van der Waals surface area (Å²) in [7, 11) is 0. The maximum atomic E-state index is 10.2. The van der Waals surface area contributed by atoms with Crippen molar-refractivity contribution in [2.75, 3.05) is 6.26 Å². The number of allylic oxidation sites excluding steroid dienone is 1. The molecule has 1 aromatic carbocycles. The Hall–Kier alpha value is -0.890. The molecule has 130 valence electrons. The summed E-state index contributed by atoms with van der Waals surface area (Å²) in [5.41, 5.74) is 6.31. The lowest BCUT2D eigenvalue weighted by Crippen LogP contribution is -2.40. The number of rotatable bonds is 2. The van der Waals surface area contributed by atoms with Gasteiger partial charge in [0.2, 0.25) is 0 Å². The number of thioether (sulfide) groups is 1. The Morgan fingerprint density at radius 3 is 2.83 bits per heavy atom. The molecule has 3 aliphatic carbocycles. The second-order valence-corrected chi connectivity index (χ2v) is 9.03. The lowest BCUT2D eigenvalue weighted by atomic mass is 9.55. The third kappa shape index (κ3) is 2.36. The van der Waals surface area contributed by atoms with Crippen LogP contribution < -0.4 is 0 Å². The molecule has 24 heavy (non-hydrogen) atoms. The van der Waals surface area contributed by atoms with Crippen molar-refractivity contribution in [3.63, 3.8) is 0 Å². The van der Waals surface area contributed by atoms with Crippen molar-refractivity contribution in [3.8, 4) is 5.75 Å². The van der Waals surface area contributed by atoms with E-state index in [1.54, 1.807) is 11.1 Å². The molecule has 0 aromatic heterocycles. The van der Waals surface area contributed by atoms with Gasteiger partial charge in [-0.25, -0.2) is 0 Å². The molecular weight excluding hydrogens is 312 g/mol. The standard InChI is InChI=1S/C22H30OS/c1-4-14-11-19-15(12-21(14)23)5-7-18-17(19)9-10-22(2)16(13-24-3)6-8-20(18)22/h11-13,17-18,20,23H,4-10H2,1-3H3/t17?,18?,20?,22-/m1/s1. The molecule has 3 aliphatic rings. The van der Waals surface area contributed by atoms with Crippen molar-refractivity contribution in [3.05, 3.63) is 39.8 Å². The third-order valence-electron chi connectivity index (χ3n) is 7.41. The van der Waals surface area contributed by atoms with E-state index in [0.717, 1.165) is 36.2 Å². The molecule has 3 unspecified atom stereocenters. The molecule has 4 rings (SSSR count). The predicted octanol–water partition coefficient (Wildman–Crippen LogP) is 6.06. The van der Waals surface area contributed by atoms with Crippen molar-refractivity contribution >= 4 is 11.8 Å². The van der Waals surface area contributed by atoms with Gasteiger partial charge in [0.05, 0.1) is 0 Å². The van der Waals surface area contributed by atoms with E-state index in [2.05, 4.69) is 37.6 Å². The molecule has 0 aliphatic heterocycles. The molecule has 1 aromatic rings. The van der Waals surface area contributed by atoms with Crippen molar-refractivity contribution in [1.82, 2.24) is 0 Å². The van der Waals surface area contributed by atoms with Crippen LogP contribution >= 0.6 is 11.8 Å². The van der Waals surface area contributed by atoms with E-state index in [9.17, 15) is 5.11 Å². The van der Waals surface area contributed by atoms with E-state index in [1.807, 2.05) is 11.8 Å². The molecule has 2 saturated carbocycles. The largest absolute Gasteiger partial charge is 0.508 e. The zero-order chi connectivity index (χ0) is 16.9. The molecule has 1 N–H and O–H groups in total. The number of hydrogen-bond donors (Lipinski definition) is 1. The van der Waals surface area contributed by atoms with Gasteiger partial charge < -0.3 is 5.11 Å². The van der Waals surface area contributed by atoms with Crippen LogP contribution in [0.25, 0.3) is 0 Å². The van der Waals surface area contributed by atoms with Crippen LogP contribution in [0.2, 0.25) is 0 Å². The molecule has 0 amide bonds. The van der Waals surface area contributed by atoms with Crippen LogP contribution in [0, 0.1) is 17.3 Å². The molecule has 0 saturated heterocycles. The van der Waals surface area contributed by atoms with Crippen molar-refractivity contribution in [2.24, 2.45) is 17.3 Å². The van der Waals surface area contributed by atoms with Gasteiger partial charge in [-0.3, -0.25) is 0 Å². The smallest absolute Gasteiger partial charge is 0.119 e. The highest BCUT2D eigenvalue weighted by Crippen LogP contribution is 2.63. The van der Waals surface area contributed by atoms with Gasteiger partial charge in [-0.05, 0) is 103 Å². The van der Waals surface area contributed by atoms with E-state index in [1.165, 1.54) is 37.7 Å². The Kier molecular flexibility index (Phi) is 4.23. The highest BCUT2D eigenvalue weighted by Gasteiger charge is 2.52. The minimum absolute atomic E-state index is 0.451. The number of hydrogen-bond acceptors (Lipinski definition) is 2. The van der Waals surface area contributed by atoms with E-state index in [-0.39, 0.29) is 0 Å². The van der Waals surface area contributed by atoms with Crippen LogP contribution in [0.15, 0.2) is 23.1 Å². The average Bonchev–Trinajstić information content (AvgIpc) is 2.91. The van der Waals surface area contributed by atoms with Gasteiger partial charge >= 0.3 is 0 Å². The maximum Gasteiger partial charge on any atom is 0.119 e. The minimum atomic E-state index is 0.451. The van der Waals surface area contributed by atoms with Crippen LogP contribution in [0.4, 0.5) is 0 Å². The number of phenolic OH excluding ortho intramolecular Hbond substituents is 1. The van der Waals surface area contributed by atoms with Gasteiger partial charge in [-0.15, -0.1) is 11.8 Å². The normalized spacial score (nSPS) is 36.3. The summed E-state index contributed by atoms with van der Waals surface area (Å²) in [6, 6.07) is 4.42. The first-order chi connectivity index (χ1) is 11.6. The van der Waals surface area contributed by atoms with E-state index in [0.29, 0.717) is 11.2 Å². The Labute approximate surface area is 150 Å². The molecule has 4 atom stereocenters. The summed E-state index contributed by atoms with van der Waals surface area (Å²) in [5, 5.41) is 12.7. The lowest BCUT2D eigenvalue weighted by Gasteiger charge is -2.49. The van der Waals surface area contributed by atoms with E-state index < -0.39 is 0 Å². The lowest BCUT2D eigenvalue weighted by molar-refractivity contribution is 0.0815. The Morgan fingerprint density at radius 1 is 1.25 bits per heavy atom. The highest BCUT2D eigenvalue weighted by atomic mass is 32.2. The second-order valence-electron chi connectivity index (χ2n) is 8.32. The van der Waals surface area contributed by atoms with Crippen molar-refractivity contribution in [1.29, 1.82) is 0 Å². The monoisotopic (exact) mass is 342 g/mol. The summed E-state index contributed by atoms with van der Waals surface area (Å²) in [4.78, 5) is 0. The first kappa shape index (κ1) is 16.6. The van der Waals surface area contributed by atoms with Crippen LogP contribution in [-0.2, 0) is 12.8 Å². The fourth-order valence-corrected chi connectivity index (χ4v) is 6.79. The summed E-state index contributed by atoms with van der Waals surface area (Å²) < 4.78 is 0. The van der Waals surface area contributed by atoms with Gasteiger partial charge in [0, 0.05) is 0 Å². The number of fused-ring (bicyclic) bond motifs is 5. The molecule has 2 fully saturated rings. The summed E-state index contributed by atoms with van der Waals surface area (Å²) in [6.45, 7) is 4.70. The van der Waals surface area contributed by atoms with Crippen molar-refractivity contribution < 1.29 is 5.11 Å². The van der Waals surface area contributed by atoms with Gasteiger partial charge in [-0.1, -0.05) is 25.5 Å². The molecular formula is C22H30OS. The topological polar surface area (TPSA) is 20.2 Å². The average molecular weight is 343 g/mol. The molecule has 0 heterocycles. The Bertz CT molecular complexity index is 677. The quantitative estimate of drug-likeness (QED) is 0.705. The SMILES string of the molecule is CCc1cc2c(cc1O)CCC1C2CC[C@]2(C)C(=CSC)CCC12. The Balaban J connectivity index is 1.70. The minimum Gasteiger partial charge on any atom is -0.508 e. The molecule has 0 radical (unpaired) electrons. The van der Waals surface area contributed by atoms with Crippen molar-refractivity contribution in [2.45, 2.75) is 64.7 Å². The van der Waals surface area contributed by atoms with Gasteiger partial charge in [0.15, 0.2) is 0 Å². The number of phenols is 1. The zero-order valence-electron chi connectivity index (χ0n) is 15.3. The highest BCUT2D eigenvalue weighted by molar-refractivity contribution is 8.01. The fraction of sp³-hybridized carbons (Fsp3) is 0.636. The Morgan fingerprint density at radius 2 is 2.08 bits per heavy atom. The number of benzene rings is 1. The summed E-state index contributed by atoms with van der Waals surface area (Å²) in [5.74, 6) is 2.95. The van der Waals surface area contributed by atoms with Gasteiger partial charge in [0.25, 0.3) is 0 Å². The van der Waals surface area contributed by atoms with Crippen LogP contribution in [-0.4, -0.2) is 11.4 Å². The number of aryl methyl sites for hydroxylation is 2. The first-order valence-corrected chi connectivity index (χ1v) is 10.9. The zero-order valence-corrected chi connectivity index (χ0v) is 16.1. The predicted molar refractivity (Wildman–Crippen MR) is 104 cm³/mol. The third-order valence-corrected chi connectivity index (χ3v) is 7.93. The summed E-state index contributed by atoms with van der Waals surface area (Å²) in [6.07, 6.45) is 11.0.